The van der Waals surface area contributed by atoms with Crippen LogP contribution in [0.1, 0.15) is 47.1 Å². The highest BCUT2D eigenvalue weighted by Gasteiger charge is 2.19. The van der Waals surface area contributed by atoms with Gasteiger partial charge in [0, 0.05) is 17.3 Å². The minimum absolute atomic E-state index is 0.00453. The summed E-state index contributed by atoms with van der Waals surface area (Å²) in [5, 5.41) is 12.7. The third-order valence-corrected chi connectivity index (χ3v) is 6.31. The molecule has 3 rings (SSSR count). The topological polar surface area (TPSA) is 59.8 Å². The lowest BCUT2D eigenvalue weighted by atomic mass is 9.87. The summed E-state index contributed by atoms with van der Waals surface area (Å²) in [4.78, 5) is 12.4. The molecule has 0 saturated heterocycles. The van der Waals surface area contributed by atoms with Crippen LogP contribution >= 0.6 is 11.8 Å². The number of carbonyl (C=O) groups excluding carboxylic acids is 1. The quantitative estimate of drug-likeness (QED) is 0.498. The molecule has 0 radical (unpaired) electrons. The molecule has 0 aliphatic rings. The van der Waals surface area contributed by atoms with E-state index in [4.69, 9.17) is 0 Å². The number of rotatable bonds is 7. The van der Waals surface area contributed by atoms with Gasteiger partial charge in [0.1, 0.15) is 0 Å². The molecular weight excluding hydrogens is 404 g/mol. The van der Waals surface area contributed by atoms with Crippen molar-refractivity contribution >= 4 is 17.7 Å². The van der Waals surface area contributed by atoms with E-state index in [1.807, 2.05) is 41.8 Å². The molecule has 1 amide bonds. The first-order chi connectivity index (χ1) is 14.7. The van der Waals surface area contributed by atoms with Crippen LogP contribution in [0.5, 0.6) is 0 Å². The van der Waals surface area contributed by atoms with Crippen LogP contribution in [0.15, 0.2) is 59.8 Å². The molecule has 2 aromatic carbocycles. The molecular formula is C25H32N4OS. The van der Waals surface area contributed by atoms with E-state index in [0.717, 1.165) is 17.1 Å². The fraction of sp³-hybridized carbons (Fsp3) is 0.400. The van der Waals surface area contributed by atoms with E-state index in [2.05, 4.69) is 74.4 Å². The van der Waals surface area contributed by atoms with Crippen LogP contribution in [0.3, 0.4) is 0 Å². The zero-order chi connectivity index (χ0) is 22.6. The molecule has 31 heavy (non-hydrogen) atoms. The van der Waals surface area contributed by atoms with Gasteiger partial charge in [-0.3, -0.25) is 9.36 Å². The summed E-state index contributed by atoms with van der Waals surface area (Å²) in [5.74, 6) is 1.46. The monoisotopic (exact) mass is 436 g/mol. The van der Waals surface area contributed by atoms with Crippen LogP contribution in [-0.2, 0) is 10.2 Å². The lowest BCUT2D eigenvalue weighted by molar-refractivity contribution is -0.119. The van der Waals surface area contributed by atoms with Crippen LogP contribution in [0.4, 0.5) is 0 Å². The molecule has 1 atom stereocenters. The number of carbonyl (C=O) groups is 1. The predicted octanol–water partition coefficient (Wildman–Crippen LogP) is 5.48. The van der Waals surface area contributed by atoms with Gasteiger partial charge in [0.05, 0.1) is 5.75 Å². The summed E-state index contributed by atoms with van der Waals surface area (Å²) in [6, 6.07) is 18.6. The maximum atomic E-state index is 12.4. The van der Waals surface area contributed by atoms with Crippen molar-refractivity contribution in [2.24, 2.45) is 5.92 Å². The molecule has 3 aromatic rings. The van der Waals surface area contributed by atoms with Crippen LogP contribution < -0.4 is 5.32 Å². The number of nitrogens with one attached hydrogen (secondary N) is 1. The zero-order valence-corrected chi connectivity index (χ0v) is 20.0. The average molecular weight is 437 g/mol. The molecule has 0 aliphatic carbocycles. The largest absolute Gasteiger partial charge is 0.353 e. The molecule has 0 unspecified atom stereocenters. The molecule has 1 heterocycles. The Labute approximate surface area is 189 Å². The molecule has 0 fully saturated rings. The molecule has 0 saturated carbocycles. The summed E-state index contributed by atoms with van der Waals surface area (Å²) in [6.07, 6.45) is 0. The first-order valence-corrected chi connectivity index (χ1v) is 11.7. The Morgan fingerprint density at radius 1 is 1.00 bits per heavy atom. The number of aromatic nitrogens is 3. The van der Waals surface area contributed by atoms with Crippen molar-refractivity contribution < 1.29 is 4.79 Å². The van der Waals surface area contributed by atoms with Gasteiger partial charge in [-0.05, 0) is 36.0 Å². The smallest absolute Gasteiger partial charge is 0.230 e. The molecule has 1 aromatic heterocycles. The number of amides is 1. The fourth-order valence-electron chi connectivity index (χ4n) is 3.07. The molecule has 0 spiro atoms. The molecule has 164 valence electrons. The fourth-order valence-corrected chi connectivity index (χ4v) is 3.83. The molecule has 5 nitrogen and oxygen atoms in total. The third-order valence-electron chi connectivity index (χ3n) is 5.38. The Hall–Kier alpha value is -2.60. The van der Waals surface area contributed by atoms with Crippen LogP contribution in [0, 0.1) is 5.92 Å². The molecule has 0 bridgehead atoms. The van der Waals surface area contributed by atoms with Gasteiger partial charge in [-0.15, -0.1) is 10.2 Å². The van der Waals surface area contributed by atoms with Gasteiger partial charge < -0.3 is 5.32 Å². The number of para-hydroxylation sites is 1. The van der Waals surface area contributed by atoms with Crippen molar-refractivity contribution in [3.05, 3.63) is 60.2 Å². The maximum Gasteiger partial charge on any atom is 0.230 e. The first kappa shape index (κ1) is 23.1. The van der Waals surface area contributed by atoms with Crippen molar-refractivity contribution in [3.8, 4) is 17.1 Å². The first-order valence-electron chi connectivity index (χ1n) is 10.7. The van der Waals surface area contributed by atoms with E-state index >= 15 is 0 Å². The summed E-state index contributed by atoms with van der Waals surface area (Å²) in [6.45, 7) is 12.8. The second-order valence-corrected chi connectivity index (χ2v) is 10.1. The second-order valence-electron chi connectivity index (χ2n) is 9.19. The van der Waals surface area contributed by atoms with E-state index in [9.17, 15) is 4.79 Å². The number of hydrogen-bond donors (Lipinski definition) is 1. The summed E-state index contributed by atoms with van der Waals surface area (Å²) in [7, 11) is 0. The highest BCUT2D eigenvalue weighted by Crippen LogP contribution is 2.30. The lowest BCUT2D eigenvalue weighted by Gasteiger charge is -2.19. The van der Waals surface area contributed by atoms with Crippen molar-refractivity contribution in [1.82, 2.24) is 20.1 Å². The van der Waals surface area contributed by atoms with E-state index in [1.54, 1.807) is 0 Å². The highest BCUT2D eigenvalue weighted by molar-refractivity contribution is 7.99. The van der Waals surface area contributed by atoms with Gasteiger partial charge in [-0.1, -0.05) is 88.8 Å². The third kappa shape index (κ3) is 5.76. The Morgan fingerprint density at radius 2 is 1.65 bits per heavy atom. The minimum Gasteiger partial charge on any atom is -0.353 e. The van der Waals surface area contributed by atoms with E-state index in [1.165, 1.54) is 17.3 Å². The number of benzene rings is 2. The van der Waals surface area contributed by atoms with Gasteiger partial charge in [-0.25, -0.2) is 0 Å². The van der Waals surface area contributed by atoms with Crippen LogP contribution in [0.2, 0.25) is 0 Å². The standard InChI is InChI=1S/C25H32N4OS/c1-17(2)18(3)26-22(30)16-31-24-28-27-23(29(24)21-10-8-7-9-11-21)19-12-14-20(15-13-19)25(4,5)6/h7-15,17-18H,16H2,1-6H3,(H,26,30)/t18-/m1/s1. The van der Waals surface area contributed by atoms with Gasteiger partial charge in [-0.2, -0.15) is 0 Å². The van der Waals surface area contributed by atoms with Gasteiger partial charge in [0.2, 0.25) is 5.91 Å². The van der Waals surface area contributed by atoms with Crippen LogP contribution in [-0.4, -0.2) is 32.5 Å². The molecule has 1 N–H and O–H groups in total. The van der Waals surface area contributed by atoms with E-state index in [0.29, 0.717) is 16.8 Å². The highest BCUT2D eigenvalue weighted by atomic mass is 32.2. The van der Waals surface area contributed by atoms with Gasteiger partial charge >= 0.3 is 0 Å². The second kappa shape index (κ2) is 9.69. The summed E-state index contributed by atoms with van der Waals surface area (Å²) < 4.78 is 2.02. The lowest BCUT2D eigenvalue weighted by Crippen LogP contribution is -2.37. The van der Waals surface area contributed by atoms with E-state index < -0.39 is 0 Å². The van der Waals surface area contributed by atoms with E-state index in [-0.39, 0.29) is 17.4 Å². The number of hydrogen-bond acceptors (Lipinski definition) is 4. The van der Waals surface area contributed by atoms with Crippen LogP contribution in [0.25, 0.3) is 17.1 Å². The van der Waals surface area contributed by atoms with Crippen molar-refractivity contribution in [1.29, 1.82) is 0 Å². The van der Waals surface area contributed by atoms with Gasteiger partial charge in [0.15, 0.2) is 11.0 Å². The predicted molar refractivity (Wildman–Crippen MR) is 129 cm³/mol. The van der Waals surface area contributed by atoms with Crippen molar-refractivity contribution in [2.45, 2.75) is 58.2 Å². The summed E-state index contributed by atoms with van der Waals surface area (Å²) in [5.41, 5.74) is 3.33. The van der Waals surface area contributed by atoms with Gasteiger partial charge in [0.25, 0.3) is 0 Å². The summed E-state index contributed by atoms with van der Waals surface area (Å²) >= 11 is 1.40. The molecule has 0 aliphatic heterocycles. The number of nitrogens with zero attached hydrogens (tertiary/aromatic N) is 3. The minimum atomic E-state index is 0.00453. The Morgan fingerprint density at radius 3 is 2.23 bits per heavy atom. The Balaban J connectivity index is 1.90. The van der Waals surface area contributed by atoms with Crippen molar-refractivity contribution in [3.63, 3.8) is 0 Å². The van der Waals surface area contributed by atoms with Crippen molar-refractivity contribution in [2.75, 3.05) is 5.75 Å². The SMILES string of the molecule is CC(C)[C@@H](C)NC(=O)CSc1nnc(-c2ccc(C(C)(C)C)cc2)n1-c1ccccc1. The normalized spacial score (nSPS) is 12.7. The average Bonchev–Trinajstić information content (AvgIpc) is 3.16. The molecule has 6 heteroatoms. The Kier molecular flexibility index (Phi) is 7.21. The Bertz CT molecular complexity index is 1000. The number of thioether (sulfide) groups is 1. The zero-order valence-electron chi connectivity index (χ0n) is 19.2. The maximum absolute atomic E-state index is 12.4.